The molecule has 3 heterocycles. The second-order valence-electron chi connectivity index (χ2n) is 8.83. The normalized spacial score (nSPS) is 17.6. The Kier molecular flexibility index (Phi) is 7.56. The van der Waals surface area contributed by atoms with E-state index in [-0.39, 0.29) is 40.1 Å². The summed E-state index contributed by atoms with van der Waals surface area (Å²) < 4.78 is 22.0. The van der Waals surface area contributed by atoms with Crippen molar-refractivity contribution in [1.29, 1.82) is 0 Å². The number of nitrogens with zero attached hydrogens (tertiary/aromatic N) is 2. The van der Waals surface area contributed by atoms with Gasteiger partial charge in [0.05, 0.1) is 23.9 Å². The molecule has 2 aliphatic rings. The van der Waals surface area contributed by atoms with Crippen molar-refractivity contribution in [3.05, 3.63) is 82.4 Å². The van der Waals surface area contributed by atoms with Crippen molar-refractivity contribution >= 4 is 39.9 Å². The highest BCUT2D eigenvalue weighted by Gasteiger charge is 2.48. The predicted molar refractivity (Wildman–Crippen MR) is 147 cm³/mol. The van der Waals surface area contributed by atoms with Crippen molar-refractivity contribution in [3.63, 3.8) is 0 Å². The van der Waals surface area contributed by atoms with Crippen LogP contribution in [-0.2, 0) is 14.3 Å². The van der Waals surface area contributed by atoms with E-state index in [4.69, 9.17) is 18.9 Å². The van der Waals surface area contributed by atoms with Crippen LogP contribution in [0.3, 0.4) is 0 Å². The number of hydrogen-bond donors (Lipinski definition) is 1. The summed E-state index contributed by atoms with van der Waals surface area (Å²) in [4.78, 5) is 45.4. The standard InChI is InChI=1S/C29H26N2O8S/c1-4-11-37-19-8-6-7-17(14-19)23-22(24(32)18-9-10-20-21(15-18)39-13-12-38-20)25(33)27(34)31(23)29-30-16(3)26(40-29)28(35)36-5-2/h4,6-10,14-15,23,32H,1,5,11-13H2,2-3H3/b24-22+/t23-/m1/s1. The topological polar surface area (TPSA) is 124 Å². The molecule has 40 heavy (non-hydrogen) atoms. The fraction of sp³-hybridized carbons (Fsp3) is 0.241. The molecule has 10 nitrogen and oxygen atoms in total. The van der Waals surface area contributed by atoms with E-state index < -0.39 is 23.7 Å². The molecule has 0 radical (unpaired) electrons. The molecule has 2 aromatic carbocycles. The Balaban J connectivity index is 1.67. The number of aryl methyl sites for hydroxylation is 1. The Bertz CT molecular complexity index is 1540. The summed E-state index contributed by atoms with van der Waals surface area (Å²) in [6.45, 7) is 8.12. The molecule has 1 fully saturated rings. The van der Waals surface area contributed by atoms with Gasteiger partial charge in [0.25, 0.3) is 5.78 Å². The van der Waals surface area contributed by atoms with Gasteiger partial charge in [-0.25, -0.2) is 9.78 Å². The molecule has 1 aromatic heterocycles. The quantitative estimate of drug-likeness (QED) is 0.138. The number of ether oxygens (including phenoxy) is 4. The van der Waals surface area contributed by atoms with Gasteiger partial charge in [0.2, 0.25) is 0 Å². The number of aliphatic hydroxyl groups excluding tert-OH is 1. The summed E-state index contributed by atoms with van der Waals surface area (Å²) in [7, 11) is 0. The first-order valence-electron chi connectivity index (χ1n) is 12.5. The molecule has 1 amide bonds. The Morgan fingerprint density at radius 1 is 1.20 bits per heavy atom. The minimum atomic E-state index is -1.07. The zero-order chi connectivity index (χ0) is 28.4. The van der Waals surface area contributed by atoms with Crippen molar-refractivity contribution in [1.82, 2.24) is 4.98 Å². The maximum Gasteiger partial charge on any atom is 0.350 e. The molecule has 11 heteroatoms. The molecule has 0 bridgehead atoms. The van der Waals surface area contributed by atoms with Crippen molar-refractivity contribution in [2.75, 3.05) is 31.3 Å². The summed E-state index contributed by atoms with van der Waals surface area (Å²) in [6.07, 6.45) is 1.59. The van der Waals surface area contributed by atoms with Gasteiger partial charge in [-0.3, -0.25) is 14.5 Å². The van der Waals surface area contributed by atoms with Gasteiger partial charge in [-0.1, -0.05) is 36.1 Å². The lowest BCUT2D eigenvalue weighted by atomic mass is 9.95. The number of carbonyl (C=O) groups excluding carboxylic acids is 3. The number of Topliss-reactive ketones (excluding diaryl/α,β-unsaturated/α-hetero) is 1. The Morgan fingerprint density at radius 2 is 1.98 bits per heavy atom. The maximum atomic E-state index is 13.5. The number of fused-ring (bicyclic) bond motifs is 1. The first-order chi connectivity index (χ1) is 19.3. The van der Waals surface area contributed by atoms with Gasteiger partial charge in [0.1, 0.15) is 36.2 Å². The highest BCUT2D eigenvalue weighted by Crippen LogP contribution is 2.45. The molecule has 0 saturated carbocycles. The summed E-state index contributed by atoms with van der Waals surface area (Å²) in [6, 6.07) is 10.6. The number of hydrogen-bond acceptors (Lipinski definition) is 10. The average Bonchev–Trinajstić information content (AvgIpc) is 3.47. The molecule has 1 atom stereocenters. The summed E-state index contributed by atoms with van der Waals surface area (Å²) in [5, 5.41) is 11.6. The third kappa shape index (κ3) is 4.91. The van der Waals surface area contributed by atoms with Crippen molar-refractivity contribution < 1.29 is 38.4 Å². The van der Waals surface area contributed by atoms with E-state index in [0.29, 0.717) is 41.7 Å². The van der Waals surface area contributed by atoms with Gasteiger partial charge in [-0.15, -0.1) is 0 Å². The van der Waals surface area contributed by atoms with E-state index in [0.717, 1.165) is 11.3 Å². The minimum Gasteiger partial charge on any atom is -0.507 e. The van der Waals surface area contributed by atoms with Gasteiger partial charge in [-0.05, 0) is 49.7 Å². The van der Waals surface area contributed by atoms with E-state index in [1.54, 1.807) is 62.4 Å². The number of ketones is 1. The van der Waals surface area contributed by atoms with Crippen LogP contribution in [-0.4, -0.2) is 54.2 Å². The molecule has 2 aliphatic heterocycles. The number of thiazole rings is 1. The van der Waals surface area contributed by atoms with Crippen LogP contribution >= 0.6 is 11.3 Å². The van der Waals surface area contributed by atoms with Crippen LogP contribution in [0.25, 0.3) is 5.76 Å². The maximum absolute atomic E-state index is 13.5. The monoisotopic (exact) mass is 562 g/mol. The molecule has 5 rings (SSSR count). The number of esters is 1. The number of aromatic nitrogens is 1. The molecule has 206 valence electrons. The van der Waals surface area contributed by atoms with Gasteiger partial charge in [-0.2, -0.15) is 0 Å². The Morgan fingerprint density at radius 3 is 2.73 bits per heavy atom. The van der Waals surface area contributed by atoms with Gasteiger partial charge in [0, 0.05) is 5.56 Å². The van der Waals surface area contributed by atoms with Crippen LogP contribution in [0.2, 0.25) is 0 Å². The zero-order valence-corrected chi connectivity index (χ0v) is 22.7. The minimum absolute atomic E-state index is 0.117. The molecule has 0 aliphatic carbocycles. The lowest BCUT2D eigenvalue weighted by molar-refractivity contribution is -0.132. The van der Waals surface area contributed by atoms with E-state index in [1.165, 1.54) is 4.90 Å². The lowest BCUT2D eigenvalue weighted by Crippen LogP contribution is -2.29. The van der Waals surface area contributed by atoms with Gasteiger partial charge in [0.15, 0.2) is 16.6 Å². The van der Waals surface area contributed by atoms with E-state index in [9.17, 15) is 19.5 Å². The summed E-state index contributed by atoms with van der Waals surface area (Å²) in [5.41, 5.74) is 0.973. The third-order valence-corrected chi connectivity index (χ3v) is 7.39. The molecule has 1 saturated heterocycles. The summed E-state index contributed by atoms with van der Waals surface area (Å²) >= 11 is 0.937. The summed E-state index contributed by atoms with van der Waals surface area (Å²) in [5.74, 6) is -1.37. The fourth-order valence-corrected chi connectivity index (χ4v) is 5.48. The van der Waals surface area contributed by atoms with Gasteiger partial charge < -0.3 is 24.1 Å². The van der Waals surface area contributed by atoms with Crippen molar-refractivity contribution in [2.24, 2.45) is 0 Å². The van der Waals surface area contributed by atoms with Crippen LogP contribution in [0.5, 0.6) is 17.2 Å². The van der Waals surface area contributed by atoms with E-state index >= 15 is 0 Å². The average molecular weight is 563 g/mol. The molecule has 1 N–H and O–H groups in total. The van der Waals surface area contributed by atoms with E-state index in [1.807, 2.05) is 0 Å². The second kappa shape index (κ2) is 11.2. The van der Waals surface area contributed by atoms with E-state index in [2.05, 4.69) is 11.6 Å². The largest absolute Gasteiger partial charge is 0.507 e. The molecular weight excluding hydrogens is 536 g/mol. The van der Waals surface area contributed by atoms with Crippen molar-refractivity contribution in [2.45, 2.75) is 19.9 Å². The molecular formula is C29H26N2O8S. The number of carbonyl (C=O) groups is 3. The van der Waals surface area contributed by atoms with Crippen molar-refractivity contribution in [3.8, 4) is 17.2 Å². The SMILES string of the molecule is C=CCOc1cccc([C@@H]2/C(=C(\O)c3ccc4c(c3)OCCO4)C(=O)C(=O)N2c2nc(C)c(C(=O)OCC)s2)c1. The first kappa shape index (κ1) is 26.9. The number of anilines is 1. The van der Waals surface area contributed by atoms with Crippen LogP contribution in [0.15, 0.2) is 60.7 Å². The molecule has 0 spiro atoms. The number of benzene rings is 2. The Labute approximate surface area is 234 Å². The first-order valence-corrected chi connectivity index (χ1v) is 13.3. The molecule has 0 unspecified atom stereocenters. The van der Waals surface area contributed by atoms with Crippen LogP contribution in [0.4, 0.5) is 5.13 Å². The lowest BCUT2D eigenvalue weighted by Gasteiger charge is -2.23. The van der Waals surface area contributed by atoms with Crippen LogP contribution in [0.1, 0.15) is 39.5 Å². The fourth-order valence-electron chi connectivity index (χ4n) is 4.49. The smallest absolute Gasteiger partial charge is 0.350 e. The van der Waals surface area contributed by atoms with Gasteiger partial charge >= 0.3 is 11.9 Å². The number of amides is 1. The number of aliphatic hydroxyl groups is 1. The molecule has 3 aromatic rings. The zero-order valence-electron chi connectivity index (χ0n) is 21.8. The second-order valence-corrected chi connectivity index (χ2v) is 9.81. The predicted octanol–water partition coefficient (Wildman–Crippen LogP) is 4.59. The highest BCUT2D eigenvalue weighted by molar-refractivity contribution is 7.17. The Hall–Kier alpha value is -4.64. The third-order valence-electron chi connectivity index (χ3n) is 6.25. The van der Waals surface area contributed by atoms with Crippen LogP contribution < -0.4 is 19.1 Å². The van der Waals surface area contributed by atoms with Crippen LogP contribution in [0, 0.1) is 6.92 Å². The highest BCUT2D eigenvalue weighted by atomic mass is 32.1. The number of rotatable bonds is 8.